The van der Waals surface area contributed by atoms with Crippen molar-refractivity contribution in [1.29, 1.82) is 0 Å². The van der Waals surface area contributed by atoms with Gasteiger partial charge in [0.2, 0.25) is 0 Å². The highest BCUT2D eigenvalue weighted by atomic mass is 16.6. The van der Waals surface area contributed by atoms with E-state index in [0.717, 1.165) is 6.42 Å². The molecule has 0 fully saturated rings. The highest BCUT2D eigenvalue weighted by molar-refractivity contribution is 5.95. The zero-order valence-corrected chi connectivity index (χ0v) is 7.00. The van der Waals surface area contributed by atoms with Gasteiger partial charge in [-0.1, -0.05) is 19.9 Å². The van der Waals surface area contributed by atoms with Crippen molar-refractivity contribution >= 4 is 11.9 Å². The van der Waals surface area contributed by atoms with E-state index in [1.54, 1.807) is 0 Å². The molecular weight excluding hydrogens is 160 g/mol. The molecule has 0 aliphatic heterocycles. The molecule has 4 heteroatoms. The Hall–Kier alpha value is -1.16. The van der Waals surface area contributed by atoms with Gasteiger partial charge in [-0.2, -0.15) is 0 Å². The molecular formula is C8H12O4. The average molecular weight is 172 g/mol. The Morgan fingerprint density at radius 1 is 1.50 bits per heavy atom. The molecule has 0 rings (SSSR count). The van der Waals surface area contributed by atoms with Crippen LogP contribution in [0.5, 0.6) is 0 Å². The van der Waals surface area contributed by atoms with Crippen LogP contribution in [0.4, 0.5) is 0 Å². The standard InChI is InChI=1S/C8H12O4/c1-3-4-6(2)8(11)12-7(10)5-9/h9H,2-5H2,1H3. The molecule has 0 heterocycles. The van der Waals surface area contributed by atoms with Crippen LogP contribution in [0.15, 0.2) is 12.2 Å². The summed E-state index contributed by atoms with van der Waals surface area (Å²) in [5, 5.41) is 8.24. The van der Waals surface area contributed by atoms with E-state index in [2.05, 4.69) is 11.3 Å². The predicted octanol–water partition coefficient (Wildman–Crippen LogP) is 0.405. The number of aliphatic hydroxyl groups is 1. The Labute approximate surface area is 70.8 Å². The topological polar surface area (TPSA) is 63.6 Å². The molecule has 0 aromatic carbocycles. The predicted molar refractivity (Wildman–Crippen MR) is 42.2 cm³/mol. The summed E-state index contributed by atoms with van der Waals surface area (Å²) in [4.78, 5) is 21.2. The van der Waals surface area contributed by atoms with Crippen LogP contribution in [-0.2, 0) is 14.3 Å². The van der Waals surface area contributed by atoms with Crippen molar-refractivity contribution in [3.63, 3.8) is 0 Å². The normalized spacial score (nSPS) is 9.17. The number of aliphatic hydroxyl groups excluding tert-OH is 1. The fraction of sp³-hybridized carbons (Fsp3) is 0.500. The Balaban J connectivity index is 3.87. The first kappa shape index (κ1) is 10.8. The fourth-order valence-corrected chi connectivity index (χ4v) is 0.612. The molecule has 0 amide bonds. The minimum absolute atomic E-state index is 0.249. The molecule has 0 bridgehead atoms. The van der Waals surface area contributed by atoms with Crippen LogP contribution in [0.25, 0.3) is 0 Å². The third-order valence-corrected chi connectivity index (χ3v) is 1.18. The number of carbonyl (C=O) groups is 2. The van der Waals surface area contributed by atoms with Crippen molar-refractivity contribution in [3.05, 3.63) is 12.2 Å². The highest BCUT2D eigenvalue weighted by Crippen LogP contribution is 2.03. The first-order chi connectivity index (χ1) is 5.61. The number of hydrogen-bond donors (Lipinski definition) is 1. The summed E-state index contributed by atoms with van der Waals surface area (Å²) in [6, 6.07) is 0. The molecule has 4 nitrogen and oxygen atoms in total. The maximum absolute atomic E-state index is 10.8. The molecule has 0 saturated carbocycles. The lowest BCUT2D eigenvalue weighted by molar-refractivity contribution is -0.159. The maximum Gasteiger partial charge on any atom is 0.341 e. The first-order valence-electron chi connectivity index (χ1n) is 3.65. The summed E-state index contributed by atoms with van der Waals surface area (Å²) in [6.45, 7) is 4.52. The van der Waals surface area contributed by atoms with Gasteiger partial charge < -0.3 is 9.84 Å². The number of esters is 2. The van der Waals surface area contributed by atoms with Gasteiger partial charge in [-0.3, -0.25) is 0 Å². The molecule has 0 aliphatic rings. The maximum atomic E-state index is 10.8. The van der Waals surface area contributed by atoms with Crippen LogP contribution in [0.1, 0.15) is 19.8 Å². The van der Waals surface area contributed by atoms with E-state index < -0.39 is 18.5 Å². The summed E-state index contributed by atoms with van der Waals surface area (Å²) in [6.07, 6.45) is 1.26. The Morgan fingerprint density at radius 2 is 2.08 bits per heavy atom. The van der Waals surface area contributed by atoms with Crippen molar-refractivity contribution in [3.8, 4) is 0 Å². The monoisotopic (exact) mass is 172 g/mol. The van der Waals surface area contributed by atoms with Crippen molar-refractivity contribution in [2.45, 2.75) is 19.8 Å². The van der Waals surface area contributed by atoms with Gasteiger partial charge in [0.05, 0.1) is 0 Å². The van der Waals surface area contributed by atoms with Crippen LogP contribution in [0, 0.1) is 0 Å². The summed E-state index contributed by atoms with van der Waals surface area (Å²) < 4.78 is 4.19. The second-order valence-electron chi connectivity index (χ2n) is 2.27. The molecule has 0 aromatic heterocycles. The third-order valence-electron chi connectivity index (χ3n) is 1.18. The number of hydrogen-bond acceptors (Lipinski definition) is 4. The van der Waals surface area contributed by atoms with Gasteiger partial charge in [0.1, 0.15) is 6.61 Å². The van der Waals surface area contributed by atoms with Gasteiger partial charge in [-0.05, 0) is 6.42 Å². The minimum atomic E-state index is -0.947. The smallest absolute Gasteiger partial charge is 0.341 e. The average Bonchev–Trinajstić information content (AvgIpc) is 2.04. The summed E-state index contributed by atoms with van der Waals surface area (Å²) >= 11 is 0. The van der Waals surface area contributed by atoms with E-state index in [9.17, 15) is 9.59 Å². The van der Waals surface area contributed by atoms with Gasteiger partial charge in [-0.15, -0.1) is 0 Å². The molecule has 1 N–H and O–H groups in total. The molecule has 0 spiro atoms. The van der Waals surface area contributed by atoms with Crippen molar-refractivity contribution in [2.24, 2.45) is 0 Å². The lowest BCUT2D eigenvalue weighted by Gasteiger charge is -2.01. The third kappa shape index (κ3) is 3.88. The van der Waals surface area contributed by atoms with Gasteiger partial charge in [0.25, 0.3) is 0 Å². The first-order valence-corrected chi connectivity index (χ1v) is 3.65. The zero-order chi connectivity index (χ0) is 9.56. The fourth-order valence-electron chi connectivity index (χ4n) is 0.612. The zero-order valence-electron chi connectivity index (χ0n) is 7.00. The molecule has 0 atom stereocenters. The minimum Gasteiger partial charge on any atom is -0.388 e. The van der Waals surface area contributed by atoms with Crippen molar-refractivity contribution in [1.82, 2.24) is 0 Å². The van der Waals surface area contributed by atoms with Crippen molar-refractivity contribution < 1.29 is 19.4 Å². The summed E-state index contributed by atoms with van der Waals surface area (Å²) in [7, 11) is 0. The number of ether oxygens (including phenoxy) is 1. The molecule has 0 unspecified atom stereocenters. The SMILES string of the molecule is C=C(CCC)C(=O)OC(=O)CO. The van der Waals surface area contributed by atoms with E-state index in [1.807, 2.05) is 6.92 Å². The largest absolute Gasteiger partial charge is 0.388 e. The Morgan fingerprint density at radius 3 is 2.50 bits per heavy atom. The number of carbonyl (C=O) groups excluding carboxylic acids is 2. The van der Waals surface area contributed by atoms with E-state index in [1.165, 1.54) is 0 Å². The van der Waals surface area contributed by atoms with Gasteiger partial charge >= 0.3 is 11.9 Å². The second-order valence-corrected chi connectivity index (χ2v) is 2.27. The van der Waals surface area contributed by atoms with E-state index in [4.69, 9.17) is 5.11 Å². The van der Waals surface area contributed by atoms with Crippen LogP contribution in [0.3, 0.4) is 0 Å². The molecule has 0 aliphatic carbocycles. The van der Waals surface area contributed by atoms with Gasteiger partial charge in [0.15, 0.2) is 0 Å². The summed E-state index contributed by atoms with van der Waals surface area (Å²) in [5.41, 5.74) is 0.249. The molecule has 0 saturated heterocycles. The Kier molecular flexibility index (Phi) is 4.96. The lowest BCUT2D eigenvalue weighted by Crippen LogP contribution is -2.16. The van der Waals surface area contributed by atoms with Crippen LogP contribution in [-0.4, -0.2) is 23.7 Å². The van der Waals surface area contributed by atoms with Crippen molar-refractivity contribution in [2.75, 3.05) is 6.61 Å². The van der Waals surface area contributed by atoms with E-state index in [0.29, 0.717) is 6.42 Å². The number of rotatable bonds is 4. The van der Waals surface area contributed by atoms with Crippen LogP contribution in [0.2, 0.25) is 0 Å². The van der Waals surface area contributed by atoms with Crippen LogP contribution >= 0.6 is 0 Å². The summed E-state index contributed by atoms with van der Waals surface area (Å²) in [5.74, 6) is -1.70. The molecule has 68 valence electrons. The quantitative estimate of drug-likeness (QED) is 0.379. The van der Waals surface area contributed by atoms with E-state index in [-0.39, 0.29) is 5.57 Å². The van der Waals surface area contributed by atoms with Crippen LogP contribution < -0.4 is 0 Å². The highest BCUT2D eigenvalue weighted by Gasteiger charge is 2.11. The van der Waals surface area contributed by atoms with Gasteiger partial charge in [0, 0.05) is 5.57 Å². The Bertz CT molecular complexity index is 195. The second kappa shape index (κ2) is 5.49. The van der Waals surface area contributed by atoms with E-state index >= 15 is 0 Å². The molecule has 0 aromatic rings. The molecule has 12 heavy (non-hydrogen) atoms. The molecule has 0 radical (unpaired) electrons. The lowest BCUT2D eigenvalue weighted by atomic mass is 10.2. The van der Waals surface area contributed by atoms with Gasteiger partial charge in [-0.25, -0.2) is 9.59 Å².